The van der Waals surface area contributed by atoms with Crippen LogP contribution in [0, 0.1) is 11.8 Å². The number of aliphatic hydroxyl groups excluding tert-OH is 2. The van der Waals surface area contributed by atoms with Crippen molar-refractivity contribution in [1.29, 1.82) is 0 Å². The number of fused-ring (bicyclic) bond motifs is 1. The minimum Gasteiger partial charge on any atom is -0.400 e. The zero-order chi connectivity index (χ0) is 17.7. The van der Waals surface area contributed by atoms with Crippen LogP contribution in [-0.4, -0.2) is 52.8 Å². The highest BCUT2D eigenvalue weighted by atomic mass is 32.1. The van der Waals surface area contributed by atoms with E-state index in [-0.39, 0.29) is 17.7 Å². The molecule has 2 rings (SSSR count). The van der Waals surface area contributed by atoms with Gasteiger partial charge in [-0.2, -0.15) is 12.6 Å². The van der Waals surface area contributed by atoms with Gasteiger partial charge in [-0.3, -0.25) is 4.79 Å². The Morgan fingerprint density at radius 1 is 1.57 bits per heavy atom. The van der Waals surface area contributed by atoms with Crippen LogP contribution in [0.5, 0.6) is 0 Å². The Hall–Kier alpha value is -0.560. The van der Waals surface area contributed by atoms with E-state index in [1.54, 1.807) is 0 Å². The summed E-state index contributed by atoms with van der Waals surface area (Å²) in [6.07, 6.45) is 4.81. The van der Waals surface area contributed by atoms with E-state index < -0.39 is 17.2 Å². The highest BCUT2D eigenvalue weighted by molar-refractivity contribution is 7.80. The van der Waals surface area contributed by atoms with Gasteiger partial charge in [0.15, 0.2) is 0 Å². The number of carbonyl (C=O) groups is 1. The summed E-state index contributed by atoms with van der Waals surface area (Å²) < 4.78 is 5.79. The molecule has 0 aromatic heterocycles. The number of ether oxygens (including phenoxy) is 1. The number of unbranched alkanes of at least 4 members (excludes halogenated alkanes) is 1. The molecule has 23 heavy (non-hydrogen) atoms. The van der Waals surface area contributed by atoms with Crippen LogP contribution in [0.2, 0.25) is 0 Å². The quantitative estimate of drug-likeness (QED) is 0.397. The Morgan fingerprint density at radius 3 is 2.65 bits per heavy atom. The van der Waals surface area contributed by atoms with E-state index in [1.807, 2.05) is 13.0 Å². The van der Waals surface area contributed by atoms with Crippen LogP contribution in [0.25, 0.3) is 0 Å². The lowest BCUT2D eigenvalue weighted by atomic mass is 9.65. The Bertz CT molecular complexity index is 419. The van der Waals surface area contributed by atoms with Crippen molar-refractivity contribution in [3.8, 4) is 0 Å². The van der Waals surface area contributed by atoms with E-state index in [4.69, 9.17) is 9.84 Å². The lowest BCUT2D eigenvalue weighted by Crippen LogP contribution is -2.76. The van der Waals surface area contributed by atoms with Crippen molar-refractivity contribution in [3.63, 3.8) is 0 Å². The summed E-state index contributed by atoms with van der Waals surface area (Å²) in [5, 5.41) is 20.9. The maximum Gasteiger partial charge on any atom is 0.226 e. The summed E-state index contributed by atoms with van der Waals surface area (Å²) in [5.74, 6) is 0.337. The number of rotatable bonds is 8. The maximum atomic E-state index is 12.3. The molecule has 0 aromatic carbocycles. The number of amides is 1. The summed E-state index contributed by atoms with van der Waals surface area (Å²) in [4.78, 5) is 12.3. The molecule has 0 unspecified atom stereocenters. The fraction of sp³-hybridized carbons (Fsp3) is 0.824. The molecule has 0 bridgehead atoms. The molecule has 5 nitrogen and oxygen atoms in total. The van der Waals surface area contributed by atoms with Crippen molar-refractivity contribution in [3.05, 3.63) is 12.7 Å². The van der Waals surface area contributed by atoms with Crippen molar-refractivity contribution < 1.29 is 19.7 Å². The van der Waals surface area contributed by atoms with E-state index in [1.165, 1.54) is 0 Å². The molecule has 2 fully saturated rings. The predicted molar refractivity (Wildman–Crippen MR) is 94.6 cm³/mol. The average molecular weight is 346 g/mol. The van der Waals surface area contributed by atoms with E-state index in [2.05, 4.69) is 31.4 Å². The molecule has 5 atom stereocenters. The third-order valence-electron chi connectivity index (χ3n) is 5.34. The van der Waals surface area contributed by atoms with Crippen molar-refractivity contribution >= 4 is 18.5 Å². The van der Waals surface area contributed by atoms with Gasteiger partial charge in [-0.1, -0.05) is 25.8 Å². The van der Waals surface area contributed by atoms with Crippen LogP contribution < -0.4 is 5.32 Å². The van der Waals surface area contributed by atoms with Gasteiger partial charge in [-0.05, 0) is 25.5 Å². The van der Waals surface area contributed by atoms with Gasteiger partial charge in [0, 0.05) is 13.0 Å². The number of carbonyl (C=O) groups excluding carboxylic acids is 1. The Kier molecular flexibility index (Phi) is 7.58. The lowest BCUT2D eigenvalue weighted by Gasteiger charge is -2.57. The van der Waals surface area contributed by atoms with Crippen LogP contribution in [0.15, 0.2) is 12.7 Å². The first-order valence-corrected chi connectivity index (χ1v) is 8.92. The number of aliphatic hydroxyl groups is 2. The van der Waals surface area contributed by atoms with E-state index in [0.29, 0.717) is 18.8 Å². The fourth-order valence-corrected chi connectivity index (χ4v) is 4.04. The molecule has 1 amide bonds. The third kappa shape index (κ3) is 3.31. The van der Waals surface area contributed by atoms with Gasteiger partial charge >= 0.3 is 0 Å². The Morgan fingerprint density at radius 2 is 2.22 bits per heavy atom. The van der Waals surface area contributed by atoms with Crippen LogP contribution in [-0.2, 0) is 9.53 Å². The zero-order valence-corrected chi connectivity index (χ0v) is 15.3. The van der Waals surface area contributed by atoms with Crippen LogP contribution in [0.4, 0.5) is 0 Å². The molecular weight excluding hydrogens is 314 g/mol. The molecule has 0 aromatic rings. The summed E-state index contributed by atoms with van der Waals surface area (Å²) >= 11 is 4.24. The molecule has 2 aliphatic heterocycles. The summed E-state index contributed by atoms with van der Waals surface area (Å²) in [6.45, 7) is 8.29. The van der Waals surface area contributed by atoms with Gasteiger partial charge in [0.05, 0.1) is 18.6 Å². The van der Waals surface area contributed by atoms with Gasteiger partial charge < -0.3 is 20.3 Å². The number of hydrogen-bond donors (Lipinski definition) is 4. The molecule has 0 radical (unpaired) electrons. The molecule has 6 heteroatoms. The van der Waals surface area contributed by atoms with Gasteiger partial charge in [0.25, 0.3) is 0 Å². The van der Waals surface area contributed by atoms with Crippen molar-refractivity contribution in [2.75, 3.05) is 19.5 Å². The minimum atomic E-state index is -0.676. The first-order valence-electron chi connectivity index (χ1n) is 8.29. The number of hydrogen-bond acceptors (Lipinski definition) is 5. The first-order chi connectivity index (χ1) is 11.0. The van der Waals surface area contributed by atoms with Crippen molar-refractivity contribution in [2.24, 2.45) is 11.8 Å². The molecule has 134 valence electrons. The van der Waals surface area contributed by atoms with Crippen LogP contribution in [0.3, 0.4) is 0 Å². The molecule has 2 aliphatic rings. The largest absolute Gasteiger partial charge is 0.400 e. The average Bonchev–Trinajstić information content (AvgIpc) is 2.70. The van der Waals surface area contributed by atoms with E-state index in [0.717, 1.165) is 26.4 Å². The smallest absolute Gasteiger partial charge is 0.226 e. The SMILES string of the molecule is C=C[C@H](CCCC)[C@@H](O)[C@]12CO[C@@]1(C)[C@@H](CCS)C(=O)N2.CO. The standard InChI is InChI=1S/C16H27NO3S.CH4O/c1-4-6-7-11(5-2)13(18)16-10-20-15(16,3)12(8-9-21)14(19)17-16;1-2/h5,11-13,18,21H,2,4,6-10H2,1,3H3,(H,17,19);2H,1H3/t11-,12+,13-,15+,16-;/m1./s1. The molecular formula is C17H31NO4S. The van der Waals surface area contributed by atoms with Gasteiger partial charge in [-0.15, -0.1) is 6.58 Å². The predicted octanol–water partition coefficient (Wildman–Crippen LogP) is 1.54. The summed E-state index contributed by atoms with van der Waals surface area (Å²) in [5.41, 5.74) is -1.32. The molecule has 0 spiro atoms. The van der Waals surface area contributed by atoms with Crippen molar-refractivity contribution in [2.45, 2.75) is 56.8 Å². The van der Waals surface area contributed by atoms with E-state index in [9.17, 15) is 9.90 Å². The topological polar surface area (TPSA) is 78.8 Å². The zero-order valence-electron chi connectivity index (χ0n) is 14.4. The summed E-state index contributed by atoms with van der Waals surface area (Å²) in [6, 6.07) is 0. The highest BCUT2D eigenvalue weighted by Gasteiger charge is 2.72. The second-order valence-corrected chi connectivity index (χ2v) is 6.86. The van der Waals surface area contributed by atoms with Crippen molar-refractivity contribution in [1.82, 2.24) is 5.32 Å². The maximum absolute atomic E-state index is 12.3. The normalized spacial score (nSPS) is 34.3. The number of nitrogens with one attached hydrogen (secondary N) is 1. The van der Waals surface area contributed by atoms with E-state index >= 15 is 0 Å². The molecule has 3 N–H and O–H groups in total. The number of thiol groups is 1. The second-order valence-electron chi connectivity index (χ2n) is 6.41. The molecule has 0 aliphatic carbocycles. The minimum absolute atomic E-state index is 0.0248. The molecule has 2 saturated heterocycles. The third-order valence-corrected chi connectivity index (χ3v) is 5.59. The highest BCUT2D eigenvalue weighted by Crippen LogP contribution is 2.52. The second kappa shape index (κ2) is 8.51. The fourth-order valence-electron chi connectivity index (χ4n) is 3.78. The Labute approximate surface area is 144 Å². The Balaban J connectivity index is 0.00000127. The van der Waals surface area contributed by atoms with Crippen LogP contribution >= 0.6 is 12.6 Å². The molecule has 0 saturated carbocycles. The van der Waals surface area contributed by atoms with Gasteiger partial charge in [0.2, 0.25) is 5.91 Å². The molecule has 2 heterocycles. The monoisotopic (exact) mass is 345 g/mol. The lowest BCUT2D eigenvalue weighted by molar-refractivity contribution is -0.253. The van der Waals surface area contributed by atoms with Gasteiger partial charge in [-0.25, -0.2) is 0 Å². The summed E-state index contributed by atoms with van der Waals surface area (Å²) in [7, 11) is 1.00. The first kappa shape index (κ1) is 20.5. The van der Waals surface area contributed by atoms with Gasteiger partial charge in [0.1, 0.15) is 11.1 Å². The van der Waals surface area contributed by atoms with Crippen LogP contribution in [0.1, 0.15) is 39.5 Å².